The van der Waals surface area contributed by atoms with Crippen LogP contribution in [-0.2, 0) is 12.8 Å². The molecule has 8 aromatic rings. The summed E-state index contributed by atoms with van der Waals surface area (Å²) in [6, 6.07) is 22.5. The molecule has 0 unspecified atom stereocenters. The van der Waals surface area contributed by atoms with Crippen molar-refractivity contribution in [1.29, 1.82) is 0 Å². The van der Waals surface area contributed by atoms with Crippen LogP contribution in [0.2, 0.25) is 0 Å². The number of carbonyl (C=O) groups is 2. The fourth-order valence-corrected chi connectivity index (χ4v) is 9.26. The van der Waals surface area contributed by atoms with Crippen LogP contribution >= 0.6 is 21.6 Å². The summed E-state index contributed by atoms with van der Waals surface area (Å²) in [5.41, 5.74) is 21.8. The number of unbranched alkanes of at least 4 members (excludes halogenated alkanes) is 3. The molecular formula is C44H46N8O4S2. The Balaban J connectivity index is 0.690. The molecule has 0 atom stereocenters. The second-order valence-corrected chi connectivity index (χ2v) is 16.8. The van der Waals surface area contributed by atoms with E-state index in [2.05, 4.69) is 20.6 Å². The predicted octanol–water partition coefficient (Wildman–Crippen LogP) is 8.37. The Bertz CT molecular complexity index is 2480. The Labute approximate surface area is 343 Å². The molecule has 2 amide bonds. The summed E-state index contributed by atoms with van der Waals surface area (Å²) in [6.07, 6.45) is 9.67. The van der Waals surface area contributed by atoms with Crippen molar-refractivity contribution in [2.24, 2.45) is 11.5 Å². The molecule has 4 aromatic heterocycles. The fraction of sp³-hybridized carbons (Fsp3) is 0.273. The van der Waals surface area contributed by atoms with E-state index in [4.69, 9.17) is 30.3 Å². The highest BCUT2D eigenvalue weighted by molar-refractivity contribution is 8.76. The van der Waals surface area contributed by atoms with E-state index < -0.39 is 0 Å². The number of nitrogens with zero attached hydrogens (tertiary/aromatic N) is 2. The number of amides is 2. The minimum absolute atomic E-state index is 0.0864. The molecule has 298 valence electrons. The first-order chi connectivity index (χ1) is 28.5. The summed E-state index contributed by atoms with van der Waals surface area (Å²) in [5.74, 6) is 2.72. The van der Waals surface area contributed by atoms with Crippen LogP contribution in [-0.4, -0.2) is 69.4 Å². The first kappa shape index (κ1) is 39.3. The van der Waals surface area contributed by atoms with Crippen LogP contribution < -0.4 is 22.1 Å². The van der Waals surface area contributed by atoms with E-state index in [9.17, 15) is 9.59 Å². The highest BCUT2D eigenvalue weighted by Crippen LogP contribution is 2.33. The van der Waals surface area contributed by atoms with Gasteiger partial charge in [-0.2, -0.15) is 0 Å². The van der Waals surface area contributed by atoms with Crippen molar-refractivity contribution in [3.63, 3.8) is 0 Å². The number of nitrogens with two attached hydrogens (primary N) is 2. The maximum absolute atomic E-state index is 12.8. The summed E-state index contributed by atoms with van der Waals surface area (Å²) in [7, 11) is 3.60. The van der Waals surface area contributed by atoms with Crippen molar-refractivity contribution >= 4 is 77.4 Å². The minimum Gasteiger partial charge on any atom is -0.436 e. The number of oxazole rings is 2. The van der Waals surface area contributed by atoms with E-state index in [1.807, 2.05) is 83.9 Å². The van der Waals surface area contributed by atoms with Crippen LogP contribution in [0.1, 0.15) is 57.5 Å². The lowest BCUT2D eigenvalue weighted by Crippen LogP contribution is -2.25. The average molecular weight is 815 g/mol. The third-order valence-corrected chi connectivity index (χ3v) is 12.7. The summed E-state index contributed by atoms with van der Waals surface area (Å²) >= 11 is 0. The van der Waals surface area contributed by atoms with Gasteiger partial charge in [-0.05, 0) is 123 Å². The smallest absolute Gasteiger partial charge is 0.251 e. The van der Waals surface area contributed by atoms with Gasteiger partial charge < -0.3 is 40.9 Å². The number of aromatic amines is 2. The molecule has 8 N–H and O–H groups in total. The number of rotatable bonds is 19. The zero-order valence-electron chi connectivity index (χ0n) is 32.1. The normalized spacial score (nSPS) is 11.7. The molecule has 14 heteroatoms. The molecule has 58 heavy (non-hydrogen) atoms. The van der Waals surface area contributed by atoms with Crippen LogP contribution in [0.3, 0.4) is 0 Å². The van der Waals surface area contributed by atoms with Crippen molar-refractivity contribution in [2.75, 3.05) is 37.7 Å². The standard InChI is InChI=1S/C44H46N8O4S2/c45-19-17-31-25-49-33-13-15-35-39(37(31)33)51-43(55-35)29-9-5-27(6-10-29)41(53)47-21-3-1-2-4-23-57-58-24-22-48-42(54)28-7-11-30(12-8-28)44-52-40-36(56-44)16-14-34-38(40)32(18-20-46)26-50-34/h5-16,25-26,49-50H,1-4,17-24,45-46H2,(H,47,53)(H,48,54). The molecule has 0 saturated heterocycles. The number of carbonyl (C=O) groups excluding carboxylic acids is 2. The fourth-order valence-electron chi connectivity index (χ4n) is 7.20. The van der Waals surface area contributed by atoms with Gasteiger partial charge in [-0.25, -0.2) is 9.97 Å². The Hall–Kier alpha value is -5.54. The number of nitrogens with one attached hydrogen (secondary N) is 4. The number of fused-ring (bicyclic) bond motifs is 6. The quantitative estimate of drug-likeness (QED) is 0.0341. The van der Waals surface area contributed by atoms with E-state index in [1.54, 1.807) is 22.9 Å². The number of H-pyrrole nitrogens is 2. The Morgan fingerprint density at radius 2 is 1.07 bits per heavy atom. The molecular weight excluding hydrogens is 769 g/mol. The van der Waals surface area contributed by atoms with E-state index in [1.165, 1.54) is 0 Å². The van der Waals surface area contributed by atoms with Crippen molar-refractivity contribution in [2.45, 2.75) is 38.5 Å². The third-order valence-electron chi connectivity index (χ3n) is 10.2. The summed E-state index contributed by atoms with van der Waals surface area (Å²) in [4.78, 5) is 41.7. The van der Waals surface area contributed by atoms with Crippen LogP contribution in [0, 0.1) is 0 Å². The summed E-state index contributed by atoms with van der Waals surface area (Å²) < 4.78 is 12.2. The molecule has 0 saturated carbocycles. The van der Waals surface area contributed by atoms with Crippen molar-refractivity contribution in [3.05, 3.63) is 107 Å². The molecule has 8 rings (SSSR count). The number of benzene rings is 4. The predicted molar refractivity (Wildman–Crippen MR) is 236 cm³/mol. The van der Waals surface area contributed by atoms with Gasteiger partial charge in [-0.15, -0.1) is 0 Å². The van der Waals surface area contributed by atoms with Crippen LogP contribution in [0.4, 0.5) is 0 Å². The highest BCUT2D eigenvalue weighted by atomic mass is 33.1. The van der Waals surface area contributed by atoms with Gasteiger partial charge in [0.25, 0.3) is 11.8 Å². The number of aromatic nitrogens is 4. The highest BCUT2D eigenvalue weighted by Gasteiger charge is 2.17. The Morgan fingerprint density at radius 1 is 0.586 bits per heavy atom. The van der Waals surface area contributed by atoms with Gasteiger partial charge >= 0.3 is 0 Å². The van der Waals surface area contributed by atoms with Gasteiger partial charge in [0.05, 0.1) is 0 Å². The van der Waals surface area contributed by atoms with Crippen molar-refractivity contribution in [1.82, 2.24) is 30.6 Å². The third kappa shape index (κ3) is 8.65. The van der Waals surface area contributed by atoms with Crippen molar-refractivity contribution < 1.29 is 18.4 Å². The molecule has 0 bridgehead atoms. The Kier molecular flexibility index (Phi) is 12.4. The lowest BCUT2D eigenvalue weighted by Gasteiger charge is -2.07. The molecule has 0 fully saturated rings. The van der Waals surface area contributed by atoms with Gasteiger partial charge in [0.1, 0.15) is 11.0 Å². The summed E-state index contributed by atoms with van der Waals surface area (Å²) in [5, 5.41) is 8.14. The molecule has 0 aliphatic rings. The van der Waals surface area contributed by atoms with Crippen LogP contribution in [0.25, 0.3) is 66.9 Å². The van der Waals surface area contributed by atoms with E-state index in [-0.39, 0.29) is 11.8 Å². The zero-order valence-corrected chi connectivity index (χ0v) is 33.7. The molecule has 0 radical (unpaired) electrons. The topological polar surface area (TPSA) is 194 Å². The first-order valence-electron chi connectivity index (χ1n) is 19.7. The monoisotopic (exact) mass is 814 g/mol. The Morgan fingerprint density at radius 3 is 1.59 bits per heavy atom. The van der Waals surface area contributed by atoms with Gasteiger partial charge in [-0.1, -0.05) is 34.4 Å². The molecule has 0 aliphatic heterocycles. The second-order valence-electron chi connectivity index (χ2n) is 14.1. The van der Waals surface area contributed by atoms with Gasteiger partial charge in [-0.3, -0.25) is 9.59 Å². The lowest BCUT2D eigenvalue weighted by molar-refractivity contribution is 0.0946. The largest absolute Gasteiger partial charge is 0.436 e. The number of hydrogen-bond acceptors (Lipinski definition) is 10. The molecule has 12 nitrogen and oxygen atoms in total. The number of hydrogen-bond donors (Lipinski definition) is 6. The second kappa shape index (κ2) is 18.4. The zero-order chi connectivity index (χ0) is 39.8. The summed E-state index contributed by atoms with van der Waals surface area (Å²) in [6.45, 7) is 2.34. The van der Waals surface area contributed by atoms with Crippen molar-refractivity contribution in [3.8, 4) is 22.9 Å². The lowest BCUT2D eigenvalue weighted by atomic mass is 10.1. The molecule has 0 spiro atoms. The van der Waals surface area contributed by atoms with Gasteiger partial charge in [0.2, 0.25) is 11.8 Å². The van der Waals surface area contributed by atoms with E-state index >= 15 is 0 Å². The maximum Gasteiger partial charge on any atom is 0.251 e. The molecule has 4 aromatic carbocycles. The first-order valence-corrected chi connectivity index (χ1v) is 22.2. The van der Waals surface area contributed by atoms with Crippen LogP contribution in [0.5, 0.6) is 0 Å². The van der Waals surface area contributed by atoms with Gasteiger partial charge in [0.15, 0.2) is 11.2 Å². The minimum atomic E-state index is -0.102. The molecule has 4 heterocycles. The molecule has 0 aliphatic carbocycles. The average Bonchev–Trinajstić information content (AvgIpc) is 4.06. The van der Waals surface area contributed by atoms with E-state index in [0.29, 0.717) is 54.7 Å². The van der Waals surface area contributed by atoms with Crippen LogP contribution in [0.15, 0.2) is 94.0 Å². The van der Waals surface area contributed by atoms with E-state index in [0.717, 1.165) is 111 Å². The SMILES string of the molecule is NCCc1c[nH]c2ccc3oc(-c4ccc(C(=O)NCCCCCCSSCCNC(=O)c5ccc(-c6nc7c(ccc8[nH]cc(CCN)c87)o6)cc5)cc4)nc3c12. The maximum atomic E-state index is 12.8. The van der Waals surface area contributed by atoms with Gasteiger partial charge in [0, 0.05) is 81.0 Å².